The number of nitrogens with zero attached hydrogens (tertiary/aromatic N) is 3. The lowest BCUT2D eigenvalue weighted by Crippen LogP contribution is -2.31. The monoisotopic (exact) mass is 322 g/mol. The number of hydrogen-bond acceptors (Lipinski definition) is 4. The second-order valence-electron chi connectivity index (χ2n) is 5.32. The van der Waals surface area contributed by atoms with Gasteiger partial charge in [0.2, 0.25) is 0 Å². The maximum atomic E-state index is 12.0. The molecule has 0 fully saturated rings. The Morgan fingerprint density at radius 3 is 2.58 bits per heavy atom. The zero-order valence-corrected chi connectivity index (χ0v) is 13.3. The average Bonchev–Trinajstić information content (AvgIpc) is 3.16. The molecule has 0 unspecified atom stereocenters. The highest BCUT2D eigenvalue weighted by Crippen LogP contribution is 2.15. The quantitative estimate of drug-likeness (QED) is 0.757. The van der Waals surface area contributed by atoms with E-state index in [2.05, 4.69) is 15.4 Å². The molecule has 6 nitrogen and oxygen atoms in total. The van der Waals surface area contributed by atoms with Gasteiger partial charge in [-0.05, 0) is 36.8 Å². The van der Waals surface area contributed by atoms with Crippen LogP contribution in [0.15, 0.2) is 67.3 Å². The largest absolute Gasteiger partial charge is 0.484 e. The van der Waals surface area contributed by atoms with E-state index in [9.17, 15) is 4.79 Å². The molecular weight excluding hydrogens is 304 g/mol. The van der Waals surface area contributed by atoms with Crippen LogP contribution in [0.4, 0.5) is 0 Å². The Bertz CT molecular complexity index is 771. The number of nitrogens with one attached hydrogen (secondary N) is 1. The fourth-order valence-corrected chi connectivity index (χ4v) is 2.29. The lowest BCUT2D eigenvalue weighted by molar-refractivity contribution is -0.123. The van der Waals surface area contributed by atoms with Crippen LogP contribution in [0.3, 0.4) is 0 Å². The van der Waals surface area contributed by atoms with Crippen molar-refractivity contribution in [3.63, 3.8) is 0 Å². The van der Waals surface area contributed by atoms with Crippen molar-refractivity contribution in [2.75, 3.05) is 6.61 Å². The first kappa shape index (κ1) is 15.7. The van der Waals surface area contributed by atoms with E-state index < -0.39 is 0 Å². The molecule has 6 heteroatoms. The molecule has 0 spiro atoms. The number of para-hydroxylation sites is 1. The minimum absolute atomic E-state index is 0.00854. The molecule has 2 aromatic carbocycles. The van der Waals surface area contributed by atoms with Gasteiger partial charge in [-0.1, -0.05) is 30.3 Å². The molecule has 24 heavy (non-hydrogen) atoms. The maximum Gasteiger partial charge on any atom is 0.258 e. The van der Waals surface area contributed by atoms with E-state index in [0.717, 1.165) is 11.3 Å². The van der Waals surface area contributed by atoms with Gasteiger partial charge in [0, 0.05) is 0 Å². The highest BCUT2D eigenvalue weighted by atomic mass is 16.5. The van der Waals surface area contributed by atoms with Crippen LogP contribution in [-0.2, 0) is 4.79 Å². The van der Waals surface area contributed by atoms with Crippen molar-refractivity contribution in [2.45, 2.75) is 13.0 Å². The van der Waals surface area contributed by atoms with Crippen LogP contribution in [-0.4, -0.2) is 27.3 Å². The molecule has 1 atom stereocenters. The summed E-state index contributed by atoms with van der Waals surface area (Å²) < 4.78 is 7.12. The summed E-state index contributed by atoms with van der Waals surface area (Å²) in [6.07, 6.45) is 3.13. The summed E-state index contributed by atoms with van der Waals surface area (Å²) in [5.41, 5.74) is 1.93. The Labute approximate surface area is 140 Å². The third kappa shape index (κ3) is 3.98. The van der Waals surface area contributed by atoms with E-state index in [-0.39, 0.29) is 18.6 Å². The van der Waals surface area contributed by atoms with Gasteiger partial charge in [0.05, 0.1) is 11.7 Å². The SMILES string of the molecule is C[C@H](NC(=O)COc1ccccc1)c1ccc(-n2cncn2)cc1. The van der Waals surface area contributed by atoms with Crippen molar-refractivity contribution in [1.29, 1.82) is 0 Å². The van der Waals surface area contributed by atoms with Gasteiger partial charge in [-0.15, -0.1) is 0 Å². The lowest BCUT2D eigenvalue weighted by atomic mass is 10.1. The van der Waals surface area contributed by atoms with Crippen molar-refractivity contribution in [1.82, 2.24) is 20.1 Å². The summed E-state index contributed by atoms with van der Waals surface area (Å²) in [5.74, 6) is 0.518. The minimum Gasteiger partial charge on any atom is -0.484 e. The summed E-state index contributed by atoms with van der Waals surface area (Å²) in [5, 5.41) is 7.00. The van der Waals surface area contributed by atoms with Crippen LogP contribution in [0.25, 0.3) is 5.69 Å². The van der Waals surface area contributed by atoms with Crippen LogP contribution >= 0.6 is 0 Å². The third-order valence-electron chi connectivity index (χ3n) is 3.57. The second-order valence-corrected chi connectivity index (χ2v) is 5.32. The molecule has 0 aliphatic rings. The topological polar surface area (TPSA) is 69.0 Å². The third-order valence-corrected chi connectivity index (χ3v) is 3.57. The van der Waals surface area contributed by atoms with Gasteiger partial charge in [0.25, 0.3) is 5.91 Å². The van der Waals surface area contributed by atoms with Gasteiger partial charge >= 0.3 is 0 Å². The minimum atomic E-state index is -0.160. The first-order chi connectivity index (χ1) is 11.7. The normalized spacial score (nSPS) is 11.7. The van der Waals surface area contributed by atoms with Crippen LogP contribution in [0.1, 0.15) is 18.5 Å². The van der Waals surface area contributed by atoms with Crippen LogP contribution in [0.5, 0.6) is 5.75 Å². The van der Waals surface area contributed by atoms with E-state index in [1.165, 1.54) is 6.33 Å². The van der Waals surface area contributed by atoms with E-state index in [4.69, 9.17) is 4.74 Å². The fraction of sp³-hybridized carbons (Fsp3) is 0.167. The number of benzene rings is 2. The lowest BCUT2D eigenvalue weighted by Gasteiger charge is -2.15. The molecule has 122 valence electrons. The Morgan fingerprint density at radius 2 is 1.92 bits per heavy atom. The van der Waals surface area contributed by atoms with E-state index in [1.54, 1.807) is 11.0 Å². The van der Waals surface area contributed by atoms with Crippen LogP contribution in [0.2, 0.25) is 0 Å². The average molecular weight is 322 g/mol. The smallest absolute Gasteiger partial charge is 0.258 e. The highest BCUT2D eigenvalue weighted by molar-refractivity contribution is 5.78. The number of ether oxygens (including phenoxy) is 1. The molecule has 0 bridgehead atoms. The zero-order chi connectivity index (χ0) is 16.8. The van der Waals surface area contributed by atoms with Crippen molar-refractivity contribution in [3.8, 4) is 11.4 Å². The second kappa shape index (κ2) is 7.41. The predicted molar refractivity (Wildman–Crippen MR) is 89.9 cm³/mol. The number of hydrogen-bond donors (Lipinski definition) is 1. The first-order valence-electron chi connectivity index (χ1n) is 7.64. The number of amides is 1. The summed E-state index contributed by atoms with van der Waals surface area (Å²) in [6, 6.07) is 17.0. The molecule has 0 aliphatic heterocycles. The van der Waals surface area contributed by atoms with E-state index in [1.807, 2.05) is 61.5 Å². The molecular formula is C18H18N4O2. The van der Waals surface area contributed by atoms with Crippen LogP contribution < -0.4 is 10.1 Å². The number of rotatable bonds is 6. The molecule has 1 amide bonds. The molecule has 0 aliphatic carbocycles. The molecule has 0 saturated carbocycles. The van der Waals surface area contributed by atoms with Crippen LogP contribution in [0, 0.1) is 0 Å². The van der Waals surface area contributed by atoms with Crippen molar-refractivity contribution >= 4 is 5.91 Å². The molecule has 0 radical (unpaired) electrons. The van der Waals surface area contributed by atoms with E-state index in [0.29, 0.717) is 5.75 Å². The summed E-state index contributed by atoms with van der Waals surface area (Å²) >= 11 is 0. The van der Waals surface area contributed by atoms with Gasteiger partial charge in [0.15, 0.2) is 6.61 Å². The Kier molecular flexibility index (Phi) is 4.86. The number of aromatic nitrogens is 3. The summed E-state index contributed by atoms with van der Waals surface area (Å²) in [6.45, 7) is 1.93. The Hall–Kier alpha value is -3.15. The molecule has 0 saturated heterocycles. The number of carbonyl (C=O) groups excluding carboxylic acids is 1. The molecule has 1 N–H and O–H groups in total. The molecule has 3 rings (SSSR count). The van der Waals surface area contributed by atoms with E-state index >= 15 is 0 Å². The molecule has 1 aromatic heterocycles. The summed E-state index contributed by atoms with van der Waals surface area (Å²) in [7, 11) is 0. The van der Waals surface area contributed by atoms with Crippen molar-refractivity contribution in [3.05, 3.63) is 72.8 Å². The first-order valence-corrected chi connectivity index (χ1v) is 7.64. The van der Waals surface area contributed by atoms with Gasteiger partial charge in [-0.2, -0.15) is 5.10 Å². The van der Waals surface area contributed by atoms with Gasteiger partial charge < -0.3 is 10.1 Å². The van der Waals surface area contributed by atoms with Gasteiger partial charge in [-0.3, -0.25) is 4.79 Å². The molecule has 3 aromatic rings. The van der Waals surface area contributed by atoms with Crippen molar-refractivity contribution < 1.29 is 9.53 Å². The zero-order valence-electron chi connectivity index (χ0n) is 13.3. The van der Waals surface area contributed by atoms with Gasteiger partial charge in [0.1, 0.15) is 18.4 Å². The maximum absolute atomic E-state index is 12.0. The Balaban J connectivity index is 1.54. The Morgan fingerprint density at radius 1 is 1.17 bits per heavy atom. The highest BCUT2D eigenvalue weighted by Gasteiger charge is 2.10. The fourth-order valence-electron chi connectivity index (χ4n) is 2.29. The standard InChI is InChI=1S/C18H18N4O2/c1-14(21-18(23)11-24-17-5-3-2-4-6-17)15-7-9-16(10-8-15)22-13-19-12-20-22/h2-10,12-14H,11H2,1H3,(H,21,23)/t14-/m0/s1. The predicted octanol–water partition coefficient (Wildman–Crippen LogP) is 2.52. The van der Waals surface area contributed by atoms with Gasteiger partial charge in [-0.25, -0.2) is 9.67 Å². The molecule has 1 heterocycles. The summed E-state index contributed by atoms with van der Waals surface area (Å²) in [4.78, 5) is 15.9. The van der Waals surface area contributed by atoms with Crippen molar-refractivity contribution in [2.24, 2.45) is 0 Å². The number of carbonyl (C=O) groups is 1.